The molecule has 1 aliphatic heterocycles. The second kappa shape index (κ2) is 14.6. The van der Waals surface area contributed by atoms with Gasteiger partial charge in [0, 0.05) is 19.0 Å². The first-order valence-corrected chi connectivity index (χ1v) is 15.9. The maximum atomic E-state index is 14.4. The average molecular weight is 650 g/mol. The Morgan fingerprint density at radius 2 is 1.60 bits per heavy atom. The number of aromatic nitrogens is 3. The molecule has 47 heavy (non-hydrogen) atoms. The number of halogens is 4. The number of hydrogen-bond donors (Lipinski definition) is 0. The van der Waals surface area contributed by atoms with Crippen LogP contribution in [0.2, 0.25) is 0 Å². The molecule has 11 heteroatoms. The third-order valence-corrected chi connectivity index (χ3v) is 8.82. The molecule has 4 aromatic rings. The van der Waals surface area contributed by atoms with E-state index in [4.69, 9.17) is 0 Å². The van der Waals surface area contributed by atoms with Crippen molar-refractivity contribution in [2.75, 3.05) is 20.1 Å². The Morgan fingerprint density at radius 3 is 2.19 bits per heavy atom. The minimum absolute atomic E-state index is 0.0236. The topological polar surface area (TPSA) is 71.3 Å². The molecule has 1 fully saturated rings. The van der Waals surface area contributed by atoms with Crippen LogP contribution in [-0.4, -0.2) is 56.7 Å². The summed E-state index contributed by atoms with van der Waals surface area (Å²) in [6, 6.07) is 18.0. The van der Waals surface area contributed by atoms with Crippen LogP contribution in [0.1, 0.15) is 60.9 Å². The monoisotopic (exact) mass is 649 g/mol. The zero-order valence-corrected chi connectivity index (χ0v) is 26.8. The number of amides is 1. The predicted octanol–water partition coefficient (Wildman–Crippen LogP) is 6.49. The second-order valence-electron chi connectivity index (χ2n) is 12.2. The third-order valence-electron chi connectivity index (χ3n) is 8.82. The summed E-state index contributed by atoms with van der Waals surface area (Å²) in [5.74, 6) is -0.142. The molecule has 0 saturated carbocycles. The van der Waals surface area contributed by atoms with Crippen molar-refractivity contribution >= 4 is 5.91 Å². The fourth-order valence-electron chi connectivity index (χ4n) is 6.00. The fraction of sp³-hybridized carbons (Fsp3) is 0.389. The molecule has 1 amide bonds. The molecule has 248 valence electrons. The van der Waals surface area contributed by atoms with Crippen molar-refractivity contribution in [3.63, 3.8) is 0 Å². The summed E-state index contributed by atoms with van der Waals surface area (Å²) in [6.07, 6.45) is -1.73. The molecule has 3 aromatic carbocycles. The molecule has 1 atom stereocenters. The van der Waals surface area contributed by atoms with Crippen molar-refractivity contribution < 1.29 is 22.4 Å². The highest BCUT2D eigenvalue weighted by Crippen LogP contribution is 2.31. The van der Waals surface area contributed by atoms with Gasteiger partial charge in [-0.3, -0.25) is 9.59 Å². The third kappa shape index (κ3) is 8.32. The molecular formula is C36H39F4N5O2. The highest BCUT2D eigenvalue weighted by molar-refractivity contribution is 5.80. The maximum absolute atomic E-state index is 14.4. The van der Waals surface area contributed by atoms with Crippen molar-refractivity contribution in [1.82, 2.24) is 24.6 Å². The van der Waals surface area contributed by atoms with Crippen molar-refractivity contribution in [2.45, 2.75) is 70.8 Å². The van der Waals surface area contributed by atoms with Gasteiger partial charge < -0.3 is 9.80 Å². The summed E-state index contributed by atoms with van der Waals surface area (Å²) >= 11 is 0. The average Bonchev–Trinajstić information content (AvgIpc) is 3.06. The number of carbonyl (C=O) groups is 1. The molecule has 0 radical (unpaired) electrons. The Labute approximate surface area is 271 Å². The van der Waals surface area contributed by atoms with Crippen LogP contribution in [0.15, 0.2) is 77.6 Å². The van der Waals surface area contributed by atoms with Crippen LogP contribution in [0.5, 0.6) is 0 Å². The lowest BCUT2D eigenvalue weighted by Crippen LogP contribution is -2.48. The van der Waals surface area contributed by atoms with Crippen molar-refractivity contribution in [3.05, 3.63) is 117 Å². The molecule has 7 nitrogen and oxygen atoms in total. The van der Waals surface area contributed by atoms with Gasteiger partial charge in [-0.25, -0.2) is 9.07 Å². The molecule has 1 saturated heterocycles. The van der Waals surface area contributed by atoms with Gasteiger partial charge in [0.1, 0.15) is 23.4 Å². The van der Waals surface area contributed by atoms with E-state index >= 15 is 0 Å². The Bertz CT molecular complexity index is 1730. The largest absolute Gasteiger partial charge is 0.416 e. The number of alkyl halides is 3. The van der Waals surface area contributed by atoms with Crippen LogP contribution < -0.4 is 5.56 Å². The van der Waals surface area contributed by atoms with Crippen LogP contribution in [-0.2, 0) is 36.8 Å². The van der Waals surface area contributed by atoms with Gasteiger partial charge in [0.2, 0.25) is 5.91 Å². The minimum atomic E-state index is -4.40. The lowest BCUT2D eigenvalue weighted by Gasteiger charge is -2.39. The Morgan fingerprint density at radius 1 is 0.957 bits per heavy atom. The van der Waals surface area contributed by atoms with Gasteiger partial charge in [0.25, 0.3) is 5.56 Å². The standard InChI is InChI=1S/C36H39F4N5O2/c1-4-32-34(46)41-33(17-10-25-6-5-7-30(37)22-25)45(42-32)24(2)35(47)44(31-18-20-43(3)21-19-31)23-26-8-11-27(12-9-26)28-13-15-29(16-14-28)36(38,39)40/h5-9,11-16,22,24,31H,4,10,17-21,23H2,1-3H3. The highest BCUT2D eigenvalue weighted by Gasteiger charge is 2.32. The summed E-state index contributed by atoms with van der Waals surface area (Å²) in [5, 5.41) is 4.60. The molecule has 0 N–H and O–H groups in total. The Kier molecular flexibility index (Phi) is 10.5. The van der Waals surface area contributed by atoms with Gasteiger partial charge in [-0.05, 0) is 99.3 Å². The summed E-state index contributed by atoms with van der Waals surface area (Å²) in [4.78, 5) is 35.5. The van der Waals surface area contributed by atoms with Gasteiger partial charge >= 0.3 is 6.18 Å². The Balaban J connectivity index is 1.41. The van der Waals surface area contributed by atoms with Gasteiger partial charge in [0.05, 0.1) is 5.56 Å². The molecule has 1 aliphatic rings. The quantitative estimate of drug-likeness (QED) is 0.184. The first kappa shape index (κ1) is 34.0. The number of benzene rings is 3. The van der Waals surface area contributed by atoms with E-state index in [1.807, 2.05) is 36.1 Å². The van der Waals surface area contributed by atoms with Crippen LogP contribution in [0.25, 0.3) is 11.1 Å². The van der Waals surface area contributed by atoms with Crippen LogP contribution in [0.3, 0.4) is 0 Å². The number of hydrogen-bond acceptors (Lipinski definition) is 5. The van der Waals surface area contributed by atoms with Crippen molar-refractivity contribution in [1.29, 1.82) is 0 Å². The molecule has 0 bridgehead atoms. The summed E-state index contributed by atoms with van der Waals surface area (Å²) in [5.41, 5.74) is 2.20. The van der Waals surface area contributed by atoms with E-state index < -0.39 is 23.3 Å². The molecule has 1 unspecified atom stereocenters. The van der Waals surface area contributed by atoms with Crippen LogP contribution in [0, 0.1) is 5.82 Å². The molecular weight excluding hydrogens is 610 g/mol. The fourth-order valence-corrected chi connectivity index (χ4v) is 6.00. The number of nitrogens with zero attached hydrogens (tertiary/aromatic N) is 5. The van der Waals surface area contributed by atoms with E-state index in [0.29, 0.717) is 37.2 Å². The first-order valence-electron chi connectivity index (χ1n) is 15.9. The van der Waals surface area contributed by atoms with E-state index in [1.54, 1.807) is 23.7 Å². The van der Waals surface area contributed by atoms with Crippen LogP contribution >= 0.6 is 0 Å². The zero-order chi connectivity index (χ0) is 33.7. The highest BCUT2D eigenvalue weighted by atomic mass is 19.4. The number of aryl methyl sites for hydroxylation is 3. The first-order chi connectivity index (χ1) is 22.4. The molecule has 1 aromatic heterocycles. The number of piperidine rings is 1. The predicted molar refractivity (Wildman–Crippen MR) is 172 cm³/mol. The molecule has 0 spiro atoms. The number of carbonyl (C=O) groups excluding carboxylic acids is 1. The lowest BCUT2D eigenvalue weighted by molar-refractivity contribution is -0.139. The van der Waals surface area contributed by atoms with Crippen LogP contribution in [0.4, 0.5) is 17.6 Å². The zero-order valence-electron chi connectivity index (χ0n) is 26.8. The summed E-state index contributed by atoms with van der Waals surface area (Å²) < 4.78 is 54.5. The normalized spacial score (nSPS) is 15.0. The minimum Gasteiger partial charge on any atom is -0.333 e. The van der Waals surface area contributed by atoms with E-state index in [0.717, 1.165) is 54.8 Å². The number of likely N-dealkylation sites (tertiary alicyclic amines) is 1. The smallest absolute Gasteiger partial charge is 0.333 e. The van der Waals surface area contributed by atoms with Crippen molar-refractivity contribution in [3.8, 4) is 11.1 Å². The molecule has 2 heterocycles. The lowest BCUT2D eigenvalue weighted by atomic mass is 9.99. The maximum Gasteiger partial charge on any atom is 0.416 e. The number of rotatable bonds is 10. The van der Waals surface area contributed by atoms with E-state index in [-0.39, 0.29) is 23.5 Å². The van der Waals surface area contributed by atoms with E-state index in [9.17, 15) is 27.2 Å². The molecule has 5 rings (SSSR count). The summed E-state index contributed by atoms with van der Waals surface area (Å²) in [6.45, 7) is 5.59. The molecule has 0 aliphatic carbocycles. The van der Waals surface area contributed by atoms with E-state index in [1.165, 1.54) is 24.3 Å². The van der Waals surface area contributed by atoms with Gasteiger partial charge in [-0.1, -0.05) is 55.5 Å². The summed E-state index contributed by atoms with van der Waals surface area (Å²) in [7, 11) is 2.05. The van der Waals surface area contributed by atoms with Gasteiger partial charge in [0.15, 0.2) is 0 Å². The van der Waals surface area contributed by atoms with E-state index in [2.05, 4.69) is 22.0 Å². The second-order valence-corrected chi connectivity index (χ2v) is 12.2. The van der Waals surface area contributed by atoms with Gasteiger partial charge in [-0.15, -0.1) is 0 Å². The van der Waals surface area contributed by atoms with Crippen molar-refractivity contribution in [2.24, 2.45) is 0 Å². The van der Waals surface area contributed by atoms with Gasteiger partial charge in [-0.2, -0.15) is 23.3 Å². The SMILES string of the molecule is CCc1nn(C(C)C(=O)N(Cc2ccc(-c3ccc(C(F)(F)F)cc3)cc2)C2CCN(C)CC2)c(CCc2cccc(F)c2)nc1=O. The Hall–Kier alpha value is -4.38.